The first-order chi connectivity index (χ1) is 19.5. The van der Waals surface area contributed by atoms with Gasteiger partial charge in [-0.25, -0.2) is 4.79 Å². The van der Waals surface area contributed by atoms with Crippen LogP contribution in [0, 0.1) is 0 Å². The van der Waals surface area contributed by atoms with Crippen molar-refractivity contribution < 1.29 is 28.6 Å². The number of carbonyl (C=O) groups is 3. The average Bonchev–Trinajstić information content (AvgIpc) is 2.99. The third kappa shape index (κ3) is 5.99. The Hall–Kier alpha value is -4.24. The summed E-state index contributed by atoms with van der Waals surface area (Å²) >= 11 is 1.53. The highest BCUT2D eigenvalue weighted by molar-refractivity contribution is 8.00. The molecular weight excluding hydrogens is 528 g/mol. The van der Waals surface area contributed by atoms with Gasteiger partial charge in [0.15, 0.2) is 0 Å². The van der Waals surface area contributed by atoms with Gasteiger partial charge in [-0.3, -0.25) is 14.5 Å². The van der Waals surface area contributed by atoms with E-state index < -0.39 is 12.0 Å². The van der Waals surface area contributed by atoms with Crippen molar-refractivity contribution in [2.24, 2.45) is 0 Å². The summed E-state index contributed by atoms with van der Waals surface area (Å²) in [4.78, 5) is 41.0. The molecule has 0 saturated carbocycles. The van der Waals surface area contributed by atoms with Crippen LogP contribution in [0.1, 0.15) is 16.7 Å². The molecule has 206 valence electrons. The molecule has 2 aliphatic heterocycles. The lowest BCUT2D eigenvalue weighted by Crippen LogP contribution is -2.70. The van der Waals surface area contributed by atoms with Crippen LogP contribution in [0.3, 0.4) is 0 Å². The van der Waals surface area contributed by atoms with Crippen molar-refractivity contribution >= 4 is 29.5 Å². The van der Waals surface area contributed by atoms with Gasteiger partial charge in [-0.2, -0.15) is 0 Å². The maximum atomic E-state index is 13.5. The van der Waals surface area contributed by atoms with Crippen LogP contribution in [-0.4, -0.2) is 54.1 Å². The van der Waals surface area contributed by atoms with E-state index in [9.17, 15) is 14.4 Å². The molecule has 9 heteroatoms. The normalized spacial score (nSPS) is 17.9. The minimum Gasteiger partial charge on any atom is -0.497 e. The fraction of sp³-hybridized carbons (Fsp3) is 0.258. The van der Waals surface area contributed by atoms with Crippen LogP contribution in [0.5, 0.6) is 11.5 Å². The molecule has 8 nitrogen and oxygen atoms in total. The zero-order valence-corrected chi connectivity index (χ0v) is 23.1. The Morgan fingerprint density at radius 2 is 1.50 bits per heavy atom. The number of hydrogen-bond acceptors (Lipinski definition) is 7. The smallest absolute Gasteiger partial charge is 0.355 e. The van der Waals surface area contributed by atoms with Crippen molar-refractivity contribution in [1.29, 1.82) is 0 Å². The van der Waals surface area contributed by atoms with Crippen LogP contribution < -0.4 is 14.8 Å². The Labute approximate surface area is 237 Å². The number of amides is 2. The van der Waals surface area contributed by atoms with Gasteiger partial charge in [-0.1, -0.05) is 54.6 Å². The summed E-state index contributed by atoms with van der Waals surface area (Å²) in [6.45, 7) is 0.0548. The zero-order valence-electron chi connectivity index (χ0n) is 22.3. The predicted molar refractivity (Wildman–Crippen MR) is 152 cm³/mol. The number of methoxy groups -OCH3 is 2. The molecule has 0 aromatic heterocycles. The molecular formula is C31H30N2O6S. The minimum absolute atomic E-state index is 0.0548. The zero-order chi connectivity index (χ0) is 28.1. The molecule has 2 aliphatic rings. The fourth-order valence-electron chi connectivity index (χ4n) is 4.74. The minimum atomic E-state index is -0.701. The van der Waals surface area contributed by atoms with E-state index in [1.807, 2.05) is 66.7 Å². The molecule has 2 heterocycles. The van der Waals surface area contributed by atoms with Gasteiger partial charge in [0.1, 0.15) is 35.2 Å². The maximum absolute atomic E-state index is 13.5. The van der Waals surface area contributed by atoms with Crippen LogP contribution in [-0.2, 0) is 38.6 Å². The van der Waals surface area contributed by atoms with E-state index in [1.54, 1.807) is 26.4 Å². The number of benzene rings is 3. The first-order valence-electron chi connectivity index (χ1n) is 12.9. The second kappa shape index (κ2) is 12.3. The maximum Gasteiger partial charge on any atom is 0.355 e. The molecule has 2 amide bonds. The molecule has 0 spiro atoms. The summed E-state index contributed by atoms with van der Waals surface area (Å²) < 4.78 is 16.1. The van der Waals surface area contributed by atoms with Crippen LogP contribution in [0.15, 0.2) is 90.1 Å². The first-order valence-corrected chi connectivity index (χ1v) is 13.9. The number of carbonyl (C=O) groups excluding carboxylic acids is 3. The summed E-state index contributed by atoms with van der Waals surface area (Å²) in [7, 11) is 3.20. The average molecular weight is 559 g/mol. The Balaban J connectivity index is 1.34. The quantitative estimate of drug-likeness (QED) is 0.298. The number of fused-ring (bicyclic) bond motifs is 1. The Kier molecular flexibility index (Phi) is 8.40. The van der Waals surface area contributed by atoms with Crippen LogP contribution in [0.4, 0.5) is 0 Å². The van der Waals surface area contributed by atoms with Gasteiger partial charge in [-0.05, 0) is 52.9 Å². The Morgan fingerprint density at radius 3 is 2.12 bits per heavy atom. The number of nitrogens with one attached hydrogen (secondary N) is 1. The van der Waals surface area contributed by atoms with Crippen molar-refractivity contribution in [3.8, 4) is 11.5 Å². The SMILES string of the molecule is COc1ccc(COC(=O)C2=C(Cc3ccc(OC)cc3)CS[C@@H]3[C@H](NC(=O)Cc4ccccc4)C(=O)N23)cc1. The molecule has 0 radical (unpaired) electrons. The first kappa shape index (κ1) is 27.3. The van der Waals surface area contributed by atoms with Crippen molar-refractivity contribution in [1.82, 2.24) is 10.2 Å². The lowest BCUT2D eigenvalue weighted by atomic mass is 9.98. The highest BCUT2D eigenvalue weighted by atomic mass is 32.2. The standard InChI is InChI=1S/C31H30N2O6S/c1-37-24-12-8-21(9-13-24)16-23-19-40-30-27(32-26(34)17-20-6-4-3-5-7-20)29(35)33(30)28(23)31(36)39-18-22-10-14-25(38-2)15-11-22/h3-15,27,30H,16-19H2,1-2H3,(H,32,34)/t27-,30-/m1/s1. The third-order valence-electron chi connectivity index (χ3n) is 6.87. The van der Waals surface area contributed by atoms with Gasteiger partial charge in [0.05, 0.1) is 20.6 Å². The number of nitrogens with zero attached hydrogens (tertiary/aromatic N) is 1. The molecule has 1 N–H and O–H groups in total. The molecule has 1 fully saturated rings. The van der Waals surface area contributed by atoms with Crippen molar-refractivity contribution in [2.75, 3.05) is 20.0 Å². The molecule has 3 aromatic rings. The van der Waals surface area contributed by atoms with Gasteiger partial charge in [0.2, 0.25) is 5.91 Å². The highest BCUT2D eigenvalue weighted by Gasteiger charge is 2.54. The van der Waals surface area contributed by atoms with E-state index >= 15 is 0 Å². The van der Waals surface area contributed by atoms with Crippen LogP contribution >= 0.6 is 11.8 Å². The summed E-state index contributed by atoms with van der Waals surface area (Å²) in [5, 5.41) is 2.49. The largest absolute Gasteiger partial charge is 0.497 e. The number of esters is 1. The lowest BCUT2D eigenvalue weighted by Gasteiger charge is -2.49. The Bertz CT molecular complexity index is 1410. The third-order valence-corrected chi connectivity index (χ3v) is 8.21. The summed E-state index contributed by atoms with van der Waals surface area (Å²) in [6, 6.07) is 23.5. The van der Waals surface area contributed by atoms with E-state index in [4.69, 9.17) is 14.2 Å². The summed E-state index contributed by atoms with van der Waals surface area (Å²) in [6.07, 6.45) is 0.656. The number of thioether (sulfide) groups is 1. The molecule has 3 aromatic carbocycles. The highest BCUT2D eigenvalue weighted by Crippen LogP contribution is 2.41. The lowest BCUT2D eigenvalue weighted by molar-refractivity contribution is -0.153. The molecule has 0 unspecified atom stereocenters. The fourth-order valence-corrected chi connectivity index (χ4v) is 6.09. The molecule has 40 heavy (non-hydrogen) atoms. The molecule has 5 rings (SSSR count). The van der Waals surface area contributed by atoms with Crippen LogP contribution in [0.2, 0.25) is 0 Å². The second-order valence-corrected chi connectivity index (χ2v) is 10.6. The topological polar surface area (TPSA) is 94.2 Å². The second-order valence-electron chi connectivity index (χ2n) is 9.52. The van der Waals surface area contributed by atoms with Crippen molar-refractivity contribution in [3.05, 3.63) is 107 Å². The molecule has 0 aliphatic carbocycles. The monoisotopic (exact) mass is 558 g/mol. The number of hydrogen-bond donors (Lipinski definition) is 1. The number of ether oxygens (including phenoxy) is 3. The van der Waals surface area contributed by atoms with Gasteiger partial charge < -0.3 is 19.5 Å². The van der Waals surface area contributed by atoms with Gasteiger partial charge in [-0.15, -0.1) is 11.8 Å². The summed E-state index contributed by atoms with van der Waals surface area (Å²) in [5.41, 5.74) is 3.70. The van der Waals surface area contributed by atoms with Gasteiger partial charge in [0, 0.05) is 5.75 Å². The molecule has 1 saturated heterocycles. The summed E-state index contributed by atoms with van der Waals surface area (Å²) in [5.74, 6) is 0.856. The van der Waals surface area contributed by atoms with Crippen molar-refractivity contribution in [3.63, 3.8) is 0 Å². The van der Waals surface area contributed by atoms with Gasteiger partial charge >= 0.3 is 5.97 Å². The molecule has 0 bridgehead atoms. The number of β-lactam (4-membered cyclic amide) rings is 1. The Morgan fingerprint density at radius 1 is 0.875 bits per heavy atom. The molecule has 2 atom stereocenters. The van der Waals surface area contributed by atoms with E-state index in [1.165, 1.54) is 16.7 Å². The van der Waals surface area contributed by atoms with E-state index in [0.717, 1.165) is 28.0 Å². The van der Waals surface area contributed by atoms with Crippen molar-refractivity contribution in [2.45, 2.75) is 30.9 Å². The van der Waals surface area contributed by atoms with E-state index in [-0.39, 0.29) is 35.9 Å². The van der Waals surface area contributed by atoms with E-state index in [0.29, 0.717) is 17.9 Å². The predicted octanol–water partition coefficient (Wildman–Crippen LogP) is 3.89. The van der Waals surface area contributed by atoms with E-state index in [2.05, 4.69) is 5.32 Å². The van der Waals surface area contributed by atoms with Gasteiger partial charge in [0.25, 0.3) is 5.91 Å². The van der Waals surface area contributed by atoms with Crippen LogP contribution in [0.25, 0.3) is 0 Å². The number of rotatable bonds is 10.